The molecule has 0 saturated carbocycles. The summed E-state index contributed by atoms with van der Waals surface area (Å²) in [5.74, 6) is 0.850. The van der Waals surface area contributed by atoms with Gasteiger partial charge in [0.25, 0.3) is 0 Å². The Morgan fingerprint density at radius 1 is 1.41 bits per heavy atom. The summed E-state index contributed by atoms with van der Waals surface area (Å²) in [7, 11) is 2.12. The number of hydrogen-bond acceptors (Lipinski definition) is 3. The van der Waals surface area contributed by atoms with Gasteiger partial charge < -0.3 is 10.5 Å². The van der Waals surface area contributed by atoms with E-state index in [2.05, 4.69) is 11.9 Å². The highest BCUT2D eigenvalue weighted by molar-refractivity contribution is 6.30. The molecule has 1 aromatic carbocycles. The lowest BCUT2D eigenvalue weighted by Gasteiger charge is -2.34. The Kier molecular flexibility index (Phi) is 3.92. The van der Waals surface area contributed by atoms with Crippen LogP contribution in [0.1, 0.15) is 12.8 Å². The van der Waals surface area contributed by atoms with Crippen LogP contribution in [0.5, 0.6) is 5.75 Å². The van der Waals surface area contributed by atoms with Crippen LogP contribution in [-0.4, -0.2) is 37.2 Å². The second-order valence-corrected chi connectivity index (χ2v) is 5.13. The van der Waals surface area contributed by atoms with Crippen LogP contribution < -0.4 is 10.5 Å². The van der Waals surface area contributed by atoms with E-state index in [-0.39, 0.29) is 5.54 Å². The van der Waals surface area contributed by atoms with Gasteiger partial charge in [-0.2, -0.15) is 0 Å². The fourth-order valence-electron chi connectivity index (χ4n) is 2.32. The van der Waals surface area contributed by atoms with Crippen molar-refractivity contribution in [2.75, 3.05) is 26.7 Å². The summed E-state index contributed by atoms with van der Waals surface area (Å²) in [5, 5.41) is 0.726. The first-order valence-corrected chi connectivity index (χ1v) is 6.34. The zero-order valence-electron chi connectivity index (χ0n) is 10.2. The van der Waals surface area contributed by atoms with Crippen molar-refractivity contribution in [3.05, 3.63) is 29.3 Å². The molecule has 0 aromatic heterocycles. The minimum absolute atomic E-state index is 0.000361. The van der Waals surface area contributed by atoms with Gasteiger partial charge in [-0.25, -0.2) is 0 Å². The third-order valence-corrected chi connectivity index (χ3v) is 3.90. The summed E-state index contributed by atoms with van der Waals surface area (Å²) in [6.07, 6.45) is 2.30. The normalized spacial score (nSPS) is 25.1. The first kappa shape index (κ1) is 12.7. The third kappa shape index (κ3) is 2.73. The van der Waals surface area contributed by atoms with Gasteiger partial charge in [0.2, 0.25) is 0 Å². The molecule has 1 atom stereocenters. The largest absolute Gasteiger partial charge is 0.492 e. The van der Waals surface area contributed by atoms with E-state index in [1.165, 1.54) is 6.42 Å². The van der Waals surface area contributed by atoms with Gasteiger partial charge in [0.1, 0.15) is 12.4 Å². The molecule has 2 rings (SSSR count). The van der Waals surface area contributed by atoms with Gasteiger partial charge in [0.15, 0.2) is 0 Å². The molecule has 4 heteroatoms. The third-order valence-electron chi connectivity index (χ3n) is 3.65. The topological polar surface area (TPSA) is 38.5 Å². The molecule has 1 aliphatic heterocycles. The molecule has 1 heterocycles. The molecule has 0 spiro atoms. The summed E-state index contributed by atoms with van der Waals surface area (Å²) in [6.45, 7) is 2.37. The molecule has 1 unspecified atom stereocenters. The molecule has 0 radical (unpaired) electrons. The average Bonchev–Trinajstić information content (AvgIpc) is 2.71. The van der Waals surface area contributed by atoms with E-state index in [0.29, 0.717) is 13.2 Å². The fourth-order valence-corrected chi connectivity index (χ4v) is 2.45. The Labute approximate surface area is 107 Å². The molecule has 0 aliphatic carbocycles. The number of nitrogens with zero attached hydrogens (tertiary/aromatic N) is 1. The number of nitrogens with two attached hydrogens (primary N) is 1. The first-order chi connectivity index (χ1) is 8.16. The van der Waals surface area contributed by atoms with Gasteiger partial charge in [-0.1, -0.05) is 11.6 Å². The van der Waals surface area contributed by atoms with Crippen LogP contribution in [0.4, 0.5) is 0 Å². The molecule has 0 bridgehead atoms. The van der Waals surface area contributed by atoms with E-state index in [1.54, 1.807) is 0 Å². The maximum Gasteiger partial charge on any atom is 0.119 e. The number of hydrogen-bond donors (Lipinski definition) is 1. The van der Waals surface area contributed by atoms with Crippen molar-refractivity contribution in [2.24, 2.45) is 5.73 Å². The van der Waals surface area contributed by atoms with Gasteiger partial charge in [-0.3, -0.25) is 4.90 Å². The molecule has 2 N–H and O–H groups in total. The maximum atomic E-state index is 5.90. The first-order valence-electron chi connectivity index (χ1n) is 5.96. The predicted octanol–water partition coefficient (Wildman–Crippen LogP) is 2.14. The minimum Gasteiger partial charge on any atom is -0.492 e. The van der Waals surface area contributed by atoms with Crippen LogP contribution in [0.2, 0.25) is 5.02 Å². The lowest BCUT2D eigenvalue weighted by atomic mass is 9.98. The van der Waals surface area contributed by atoms with Crippen LogP contribution in [-0.2, 0) is 0 Å². The SMILES string of the molecule is CN1CCCC1(CN)COc1ccc(Cl)cc1. The zero-order valence-corrected chi connectivity index (χ0v) is 10.9. The Bertz CT molecular complexity index is 368. The van der Waals surface area contributed by atoms with Gasteiger partial charge in [0, 0.05) is 11.6 Å². The van der Waals surface area contributed by atoms with E-state index < -0.39 is 0 Å². The second kappa shape index (κ2) is 5.25. The number of ether oxygens (including phenoxy) is 1. The quantitative estimate of drug-likeness (QED) is 0.895. The summed E-state index contributed by atoms with van der Waals surface area (Å²) in [4.78, 5) is 2.31. The van der Waals surface area contributed by atoms with Crippen LogP contribution in [0.15, 0.2) is 24.3 Å². The lowest BCUT2D eigenvalue weighted by molar-refractivity contribution is 0.104. The van der Waals surface area contributed by atoms with Crippen molar-refractivity contribution in [3.63, 3.8) is 0 Å². The molecule has 1 aromatic rings. The van der Waals surface area contributed by atoms with E-state index in [1.807, 2.05) is 24.3 Å². The van der Waals surface area contributed by atoms with Crippen molar-refractivity contribution in [1.82, 2.24) is 4.90 Å². The van der Waals surface area contributed by atoms with Crippen LogP contribution in [0, 0.1) is 0 Å². The highest BCUT2D eigenvalue weighted by Crippen LogP contribution is 2.28. The van der Waals surface area contributed by atoms with Gasteiger partial charge in [-0.05, 0) is 50.7 Å². The smallest absolute Gasteiger partial charge is 0.119 e. The molecule has 1 aliphatic rings. The molecule has 17 heavy (non-hydrogen) atoms. The number of likely N-dealkylation sites (tertiary alicyclic amines) is 1. The van der Waals surface area contributed by atoms with E-state index >= 15 is 0 Å². The summed E-state index contributed by atoms with van der Waals surface area (Å²) in [6, 6.07) is 7.46. The van der Waals surface area contributed by atoms with Crippen molar-refractivity contribution in [2.45, 2.75) is 18.4 Å². The standard InChI is InChI=1S/C13H19ClN2O/c1-16-8-2-7-13(16,9-15)10-17-12-5-3-11(14)4-6-12/h3-6H,2,7-10,15H2,1H3. The van der Waals surface area contributed by atoms with Crippen LogP contribution in [0.3, 0.4) is 0 Å². The van der Waals surface area contributed by atoms with Gasteiger partial charge >= 0.3 is 0 Å². The molecule has 0 amide bonds. The molecule has 3 nitrogen and oxygen atoms in total. The summed E-state index contributed by atoms with van der Waals surface area (Å²) < 4.78 is 5.83. The maximum absolute atomic E-state index is 5.90. The van der Waals surface area contributed by atoms with E-state index in [9.17, 15) is 0 Å². The Hall–Kier alpha value is -0.770. The van der Waals surface area contributed by atoms with E-state index in [4.69, 9.17) is 22.1 Å². The number of halogens is 1. The Balaban J connectivity index is 1.98. The number of benzene rings is 1. The summed E-state index contributed by atoms with van der Waals surface area (Å²) >= 11 is 5.83. The van der Waals surface area contributed by atoms with Crippen LogP contribution >= 0.6 is 11.6 Å². The van der Waals surface area contributed by atoms with E-state index in [0.717, 1.165) is 23.7 Å². The number of likely N-dealkylation sites (N-methyl/N-ethyl adjacent to an activating group) is 1. The lowest BCUT2D eigenvalue weighted by Crippen LogP contribution is -2.52. The number of rotatable bonds is 4. The highest BCUT2D eigenvalue weighted by Gasteiger charge is 2.38. The van der Waals surface area contributed by atoms with Crippen molar-refractivity contribution >= 4 is 11.6 Å². The van der Waals surface area contributed by atoms with Crippen molar-refractivity contribution in [1.29, 1.82) is 0 Å². The fraction of sp³-hybridized carbons (Fsp3) is 0.538. The molecular formula is C13H19ClN2O. The van der Waals surface area contributed by atoms with Crippen molar-refractivity contribution in [3.8, 4) is 5.75 Å². The van der Waals surface area contributed by atoms with Gasteiger partial charge in [-0.15, -0.1) is 0 Å². The second-order valence-electron chi connectivity index (χ2n) is 4.70. The van der Waals surface area contributed by atoms with Crippen LogP contribution in [0.25, 0.3) is 0 Å². The Morgan fingerprint density at radius 3 is 2.65 bits per heavy atom. The predicted molar refractivity (Wildman–Crippen MR) is 70.6 cm³/mol. The summed E-state index contributed by atoms with van der Waals surface area (Å²) in [5.41, 5.74) is 5.90. The van der Waals surface area contributed by atoms with Crippen molar-refractivity contribution < 1.29 is 4.74 Å². The highest BCUT2D eigenvalue weighted by atomic mass is 35.5. The average molecular weight is 255 g/mol. The zero-order chi connectivity index (χ0) is 12.3. The minimum atomic E-state index is -0.000361. The molecule has 1 fully saturated rings. The molecule has 1 saturated heterocycles. The molecule has 94 valence electrons. The van der Waals surface area contributed by atoms with Gasteiger partial charge in [0.05, 0.1) is 5.54 Å². The molecular weight excluding hydrogens is 236 g/mol. The Morgan fingerprint density at radius 2 is 2.12 bits per heavy atom. The monoisotopic (exact) mass is 254 g/mol.